The molecule has 2 rings (SSSR count). The predicted molar refractivity (Wildman–Crippen MR) is 83.7 cm³/mol. The average molecular weight is 340 g/mol. The van der Waals surface area contributed by atoms with Crippen LogP contribution in [0.2, 0.25) is 0 Å². The first kappa shape index (κ1) is 15.5. The smallest absolute Gasteiger partial charge is 0.337 e. The highest BCUT2D eigenvalue weighted by Crippen LogP contribution is 2.27. The van der Waals surface area contributed by atoms with Gasteiger partial charge in [-0.05, 0) is 42.5 Å². The Hall–Kier alpha value is -0.870. The molecule has 0 amide bonds. The van der Waals surface area contributed by atoms with E-state index in [2.05, 4.69) is 34.7 Å². The predicted octanol–water partition coefficient (Wildman–Crippen LogP) is 3.71. The fourth-order valence-electron chi connectivity index (χ4n) is 2.71. The van der Waals surface area contributed by atoms with Gasteiger partial charge in [0, 0.05) is 17.6 Å². The molecule has 1 aliphatic rings. The summed E-state index contributed by atoms with van der Waals surface area (Å²) in [4.78, 5) is 14.0. The molecule has 0 aliphatic carbocycles. The van der Waals surface area contributed by atoms with Gasteiger partial charge in [0.1, 0.15) is 0 Å². The molecule has 4 heteroatoms. The number of benzene rings is 1. The van der Waals surface area contributed by atoms with Gasteiger partial charge in [-0.3, -0.25) is 4.90 Å². The van der Waals surface area contributed by atoms with Crippen molar-refractivity contribution in [2.75, 3.05) is 20.2 Å². The average Bonchev–Trinajstić information content (AvgIpc) is 2.89. The highest BCUT2D eigenvalue weighted by molar-refractivity contribution is 9.10. The van der Waals surface area contributed by atoms with E-state index in [1.54, 1.807) is 0 Å². The van der Waals surface area contributed by atoms with Crippen molar-refractivity contribution in [3.05, 3.63) is 33.8 Å². The fraction of sp³-hybridized carbons (Fsp3) is 0.562. The van der Waals surface area contributed by atoms with E-state index in [1.807, 2.05) is 18.2 Å². The molecule has 1 aliphatic heterocycles. The molecular weight excluding hydrogens is 318 g/mol. The Morgan fingerprint density at radius 2 is 2.25 bits per heavy atom. The summed E-state index contributed by atoms with van der Waals surface area (Å²) >= 11 is 3.56. The quantitative estimate of drug-likeness (QED) is 0.783. The van der Waals surface area contributed by atoms with E-state index in [4.69, 9.17) is 4.74 Å². The summed E-state index contributed by atoms with van der Waals surface area (Å²) in [6.07, 6.45) is 1.29. The number of carbonyl (C=O) groups excluding carboxylic acids is 1. The molecule has 20 heavy (non-hydrogen) atoms. The molecule has 0 saturated carbocycles. The number of esters is 1. The number of methoxy groups -OCH3 is 1. The number of ether oxygens (including phenoxy) is 1. The number of rotatable bonds is 4. The van der Waals surface area contributed by atoms with Gasteiger partial charge in [0.05, 0.1) is 12.7 Å². The van der Waals surface area contributed by atoms with Crippen molar-refractivity contribution in [2.45, 2.75) is 26.8 Å². The summed E-state index contributed by atoms with van der Waals surface area (Å²) in [7, 11) is 1.40. The van der Waals surface area contributed by atoms with Crippen LogP contribution in [0.5, 0.6) is 0 Å². The van der Waals surface area contributed by atoms with Gasteiger partial charge in [-0.25, -0.2) is 4.79 Å². The summed E-state index contributed by atoms with van der Waals surface area (Å²) < 4.78 is 5.71. The second-order valence-electron chi connectivity index (χ2n) is 5.83. The summed E-state index contributed by atoms with van der Waals surface area (Å²) in [6, 6.07) is 5.69. The maximum atomic E-state index is 11.5. The zero-order valence-electron chi connectivity index (χ0n) is 12.4. The third-order valence-corrected chi connectivity index (χ3v) is 4.86. The van der Waals surface area contributed by atoms with Crippen LogP contribution < -0.4 is 0 Å². The Morgan fingerprint density at radius 1 is 1.50 bits per heavy atom. The molecule has 110 valence electrons. The highest BCUT2D eigenvalue weighted by Gasteiger charge is 2.25. The maximum Gasteiger partial charge on any atom is 0.337 e. The molecule has 1 aromatic rings. The molecule has 0 aromatic heterocycles. The lowest BCUT2D eigenvalue weighted by Crippen LogP contribution is -2.21. The van der Waals surface area contributed by atoms with Crippen molar-refractivity contribution in [3.8, 4) is 0 Å². The van der Waals surface area contributed by atoms with Crippen LogP contribution in [0, 0.1) is 11.8 Å². The van der Waals surface area contributed by atoms with E-state index in [9.17, 15) is 4.79 Å². The number of hydrogen-bond acceptors (Lipinski definition) is 3. The normalized spacial score (nSPS) is 19.6. The molecule has 0 bridgehead atoms. The SMILES string of the molecule is COC(=O)c1ccc(CN2CCC(C(C)C)C2)c(Br)c1. The molecule has 1 atom stereocenters. The topological polar surface area (TPSA) is 29.5 Å². The van der Waals surface area contributed by atoms with Crippen molar-refractivity contribution in [1.82, 2.24) is 4.90 Å². The number of nitrogens with zero attached hydrogens (tertiary/aromatic N) is 1. The van der Waals surface area contributed by atoms with Crippen LogP contribution in [0.25, 0.3) is 0 Å². The van der Waals surface area contributed by atoms with Crippen molar-refractivity contribution in [3.63, 3.8) is 0 Å². The third kappa shape index (κ3) is 3.61. The molecule has 1 aromatic carbocycles. The van der Waals surface area contributed by atoms with Crippen molar-refractivity contribution >= 4 is 21.9 Å². The van der Waals surface area contributed by atoms with Crippen LogP contribution in [0.4, 0.5) is 0 Å². The summed E-state index contributed by atoms with van der Waals surface area (Å²) in [5, 5.41) is 0. The number of hydrogen-bond donors (Lipinski definition) is 0. The molecule has 1 saturated heterocycles. The molecule has 0 spiro atoms. The first-order valence-corrected chi connectivity index (χ1v) is 7.89. The van der Waals surface area contributed by atoms with E-state index < -0.39 is 0 Å². The lowest BCUT2D eigenvalue weighted by molar-refractivity contribution is 0.0600. The Morgan fingerprint density at radius 3 is 2.80 bits per heavy atom. The van der Waals surface area contributed by atoms with Crippen molar-refractivity contribution in [1.29, 1.82) is 0 Å². The van der Waals surface area contributed by atoms with E-state index >= 15 is 0 Å². The lowest BCUT2D eigenvalue weighted by atomic mass is 9.95. The highest BCUT2D eigenvalue weighted by atomic mass is 79.9. The van der Waals surface area contributed by atoms with E-state index in [1.165, 1.54) is 25.6 Å². The lowest BCUT2D eigenvalue weighted by Gasteiger charge is -2.18. The van der Waals surface area contributed by atoms with Gasteiger partial charge in [-0.1, -0.05) is 35.8 Å². The molecule has 3 nitrogen and oxygen atoms in total. The molecule has 1 fully saturated rings. The minimum absolute atomic E-state index is 0.293. The van der Waals surface area contributed by atoms with Gasteiger partial charge in [-0.2, -0.15) is 0 Å². The summed E-state index contributed by atoms with van der Waals surface area (Å²) in [5.74, 6) is 1.27. The van der Waals surface area contributed by atoms with Gasteiger partial charge in [0.25, 0.3) is 0 Å². The van der Waals surface area contributed by atoms with E-state index in [-0.39, 0.29) is 5.97 Å². The van der Waals surface area contributed by atoms with Gasteiger partial charge >= 0.3 is 5.97 Å². The summed E-state index contributed by atoms with van der Waals surface area (Å²) in [6.45, 7) is 7.87. The van der Waals surface area contributed by atoms with Gasteiger partial charge in [-0.15, -0.1) is 0 Å². The Labute approximate surface area is 129 Å². The second-order valence-corrected chi connectivity index (χ2v) is 6.68. The van der Waals surface area contributed by atoms with E-state index in [0.29, 0.717) is 5.56 Å². The zero-order chi connectivity index (χ0) is 14.7. The minimum Gasteiger partial charge on any atom is -0.465 e. The molecule has 0 radical (unpaired) electrons. The number of halogens is 1. The van der Waals surface area contributed by atoms with Crippen LogP contribution in [-0.4, -0.2) is 31.1 Å². The standard InChI is InChI=1S/C16H22BrNO2/c1-11(2)13-6-7-18(9-13)10-14-5-4-12(8-15(14)17)16(19)20-3/h4-5,8,11,13H,6-7,9-10H2,1-3H3. The van der Waals surface area contributed by atoms with Crippen LogP contribution in [0.15, 0.2) is 22.7 Å². The molecule has 1 unspecified atom stereocenters. The van der Waals surface area contributed by atoms with Crippen molar-refractivity contribution < 1.29 is 9.53 Å². The molecule has 0 N–H and O–H groups in total. The van der Waals surface area contributed by atoms with Crippen LogP contribution in [0.1, 0.15) is 36.2 Å². The van der Waals surface area contributed by atoms with Gasteiger partial charge < -0.3 is 4.74 Å². The Kier molecular flexibility index (Phi) is 5.22. The van der Waals surface area contributed by atoms with E-state index in [0.717, 1.165) is 29.4 Å². The summed E-state index contributed by atoms with van der Waals surface area (Å²) in [5.41, 5.74) is 1.81. The van der Waals surface area contributed by atoms with Crippen LogP contribution in [0.3, 0.4) is 0 Å². The van der Waals surface area contributed by atoms with Gasteiger partial charge in [0.2, 0.25) is 0 Å². The Balaban J connectivity index is 2.02. The fourth-order valence-corrected chi connectivity index (χ4v) is 3.22. The second kappa shape index (κ2) is 6.72. The molecular formula is C16H22BrNO2. The minimum atomic E-state index is -0.293. The molecule has 1 heterocycles. The first-order valence-electron chi connectivity index (χ1n) is 7.10. The van der Waals surface area contributed by atoms with Crippen molar-refractivity contribution in [2.24, 2.45) is 11.8 Å². The maximum absolute atomic E-state index is 11.5. The third-order valence-electron chi connectivity index (χ3n) is 4.12. The van der Waals surface area contributed by atoms with Gasteiger partial charge in [0.15, 0.2) is 0 Å². The monoisotopic (exact) mass is 339 g/mol. The number of likely N-dealkylation sites (tertiary alicyclic amines) is 1. The Bertz CT molecular complexity index is 487. The zero-order valence-corrected chi connectivity index (χ0v) is 13.9. The number of carbonyl (C=O) groups is 1. The van der Waals surface area contributed by atoms with Crippen LogP contribution >= 0.6 is 15.9 Å². The first-order chi connectivity index (χ1) is 9.51. The largest absolute Gasteiger partial charge is 0.465 e. The van der Waals surface area contributed by atoms with Crippen LogP contribution in [-0.2, 0) is 11.3 Å².